The Labute approximate surface area is 65.1 Å². The fourth-order valence-electron chi connectivity index (χ4n) is 0.750. The molecule has 0 spiro atoms. The second-order valence-electron chi connectivity index (χ2n) is 2.56. The van der Waals surface area contributed by atoms with Crippen molar-refractivity contribution >= 4 is 5.91 Å². The van der Waals surface area contributed by atoms with Crippen LogP contribution in [0.5, 0.6) is 0 Å². The van der Waals surface area contributed by atoms with Gasteiger partial charge in [-0.05, 0) is 19.8 Å². The zero-order chi connectivity index (χ0) is 8.32. The molecule has 0 aliphatic heterocycles. The molecule has 0 heterocycles. The Morgan fingerprint density at radius 1 is 1.82 bits per heavy atom. The van der Waals surface area contributed by atoms with Crippen molar-refractivity contribution in [3.8, 4) is 6.07 Å². The molecule has 1 aliphatic rings. The number of rotatable bonds is 3. The predicted octanol–water partition coefficient (Wildman–Crippen LogP) is 0.358. The number of amides is 1. The lowest BCUT2D eigenvalue weighted by Crippen LogP contribution is -2.31. The fraction of sp³-hybridized carbons (Fsp3) is 0.714. The van der Waals surface area contributed by atoms with Crippen LogP contribution in [0.1, 0.15) is 19.8 Å². The van der Waals surface area contributed by atoms with Crippen LogP contribution in [0.25, 0.3) is 0 Å². The second-order valence-corrected chi connectivity index (χ2v) is 2.56. The van der Waals surface area contributed by atoms with Crippen LogP contribution in [0.4, 0.5) is 0 Å². The Hall–Kier alpha value is -1.08. The Kier molecular flexibility index (Phi) is 2.11. The molecule has 4 heteroatoms. The molecule has 0 aromatic heterocycles. The fourth-order valence-corrected chi connectivity index (χ4v) is 0.750. The van der Waals surface area contributed by atoms with Gasteiger partial charge >= 0.3 is 0 Å². The van der Waals surface area contributed by atoms with Crippen molar-refractivity contribution in [1.29, 1.82) is 5.26 Å². The van der Waals surface area contributed by atoms with Gasteiger partial charge < -0.3 is 0 Å². The van der Waals surface area contributed by atoms with Crippen LogP contribution in [0, 0.1) is 16.7 Å². The maximum atomic E-state index is 11.1. The molecular weight excluding hydrogens is 144 g/mol. The summed E-state index contributed by atoms with van der Waals surface area (Å²) in [6.07, 6.45) is 1.31. The van der Waals surface area contributed by atoms with E-state index in [0.717, 1.165) is 0 Å². The highest BCUT2D eigenvalue weighted by Crippen LogP contribution is 2.44. The molecule has 0 unspecified atom stereocenters. The summed E-state index contributed by atoms with van der Waals surface area (Å²) in [4.78, 5) is 15.7. The van der Waals surface area contributed by atoms with Crippen LogP contribution in [0.3, 0.4) is 0 Å². The van der Waals surface area contributed by atoms with Crippen molar-refractivity contribution in [2.45, 2.75) is 19.8 Å². The zero-order valence-corrected chi connectivity index (χ0v) is 6.39. The largest absolute Gasteiger partial charge is 0.274 e. The van der Waals surface area contributed by atoms with Gasteiger partial charge in [0.25, 0.3) is 5.91 Å². The standard InChI is InChI=1S/C7H10N2O2/c1-2-11-9-6(10)7(5-8)3-4-7/h2-4H2,1H3,(H,9,10). The van der Waals surface area contributed by atoms with E-state index in [0.29, 0.717) is 19.4 Å². The first-order valence-corrected chi connectivity index (χ1v) is 3.58. The average molecular weight is 154 g/mol. The molecule has 1 fully saturated rings. The van der Waals surface area contributed by atoms with Gasteiger partial charge in [0, 0.05) is 0 Å². The third kappa shape index (κ3) is 1.49. The van der Waals surface area contributed by atoms with Crippen LogP contribution in [-0.4, -0.2) is 12.5 Å². The highest BCUT2D eigenvalue weighted by Gasteiger charge is 2.50. The van der Waals surface area contributed by atoms with E-state index in [2.05, 4.69) is 10.3 Å². The molecule has 0 atom stereocenters. The summed E-state index contributed by atoms with van der Waals surface area (Å²) < 4.78 is 0. The highest BCUT2D eigenvalue weighted by molar-refractivity contribution is 5.87. The number of hydroxylamine groups is 1. The number of hydrogen-bond acceptors (Lipinski definition) is 3. The number of carbonyl (C=O) groups is 1. The van der Waals surface area contributed by atoms with Gasteiger partial charge in [-0.25, -0.2) is 5.48 Å². The summed E-state index contributed by atoms with van der Waals surface area (Å²) in [6.45, 7) is 2.19. The molecule has 1 amide bonds. The normalized spacial score (nSPS) is 18.5. The number of nitrogens with one attached hydrogen (secondary N) is 1. The number of nitrogens with zero attached hydrogens (tertiary/aromatic N) is 1. The number of hydrogen-bond donors (Lipinski definition) is 1. The molecule has 1 rings (SSSR count). The Bertz CT molecular complexity index is 203. The van der Waals surface area contributed by atoms with Gasteiger partial charge in [0.05, 0.1) is 12.7 Å². The number of nitriles is 1. The zero-order valence-electron chi connectivity index (χ0n) is 6.39. The van der Waals surface area contributed by atoms with Gasteiger partial charge in [0.2, 0.25) is 0 Å². The first-order valence-electron chi connectivity index (χ1n) is 3.58. The van der Waals surface area contributed by atoms with Crippen LogP contribution in [-0.2, 0) is 9.63 Å². The minimum atomic E-state index is -0.769. The van der Waals surface area contributed by atoms with Gasteiger partial charge in [0.15, 0.2) is 0 Å². The second kappa shape index (κ2) is 2.89. The van der Waals surface area contributed by atoms with Gasteiger partial charge in [-0.15, -0.1) is 0 Å². The summed E-state index contributed by atoms with van der Waals surface area (Å²) in [7, 11) is 0. The van der Waals surface area contributed by atoms with Crippen LogP contribution in [0.2, 0.25) is 0 Å². The van der Waals surface area contributed by atoms with Gasteiger partial charge in [0.1, 0.15) is 5.41 Å². The van der Waals surface area contributed by atoms with E-state index in [9.17, 15) is 4.79 Å². The smallest absolute Gasteiger partial charge is 0.263 e. The SMILES string of the molecule is CCONC(=O)C1(C#N)CC1. The maximum absolute atomic E-state index is 11.1. The van der Waals surface area contributed by atoms with Crippen LogP contribution in [0.15, 0.2) is 0 Å². The molecule has 0 radical (unpaired) electrons. The number of carbonyl (C=O) groups excluding carboxylic acids is 1. The van der Waals surface area contributed by atoms with Crippen molar-refractivity contribution in [1.82, 2.24) is 5.48 Å². The third-order valence-corrected chi connectivity index (χ3v) is 1.71. The summed E-state index contributed by atoms with van der Waals surface area (Å²) in [5.74, 6) is -0.304. The summed E-state index contributed by atoms with van der Waals surface area (Å²) in [5, 5.41) is 8.56. The van der Waals surface area contributed by atoms with Crippen molar-refractivity contribution in [3.05, 3.63) is 0 Å². The molecule has 1 aliphatic carbocycles. The monoisotopic (exact) mass is 154 g/mol. The van der Waals surface area contributed by atoms with Gasteiger partial charge in [-0.2, -0.15) is 5.26 Å². The molecular formula is C7H10N2O2. The lowest BCUT2D eigenvalue weighted by Gasteiger charge is -2.05. The molecule has 0 bridgehead atoms. The van der Waals surface area contributed by atoms with E-state index in [1.807, 2.05) is 6.07 Å². The Morgan fingerprint density at radius 3 is 2.82 bits per heavy atom. The first kappa shape index (κ1) is 8.02. The summed E-state index contributed by atoms with van der Waals surface area (Å²) >= 11 is 0. The molecule has 11 heavy (non-hydrogen) atoms. The third-order valence-electron chi connectivity index (χ3n) is 1.71. The van der Waals surface area contributed by atoms with E-state index in [1.54, 1.807) is 6.92 Å². The molecule has 0 aromatic rings. The molecule has 4 nitrogen and oxygen atoms in total. The maximum Gasteiger partial charge on any atom is 0.263 e. The van der Waals surface area contributed by atoms with E-state index in [1.165, 1.54) is 0 Å². The summed E-state index contributed by atoms with van der Waals surface area (Å²) in [6, 6.07) is 1.97. The molecule has 1 saturated carbocycles. The van der Waals surface area contributed by atoms with Crippen molar-refractivity contribution in [2.75, 3.05) is 6.61 Å². The van der Waals surface area contributed by atoms with Gasteiger partial charge in [-0.1, -0.05) is 0 Å². The predicted molar refractivity (Wildman–Crippen MR) is 37.0 cm³/mol. The topological polar surface area (TPSA) is 62.1 Å². The Balaban J connectivity index is 2.37. The average Bonchev–Trinajstić information content (AvgIpc) is 2.80. The van der Waals surface area contributed by atoms with Crippen molar-refractivity contribution in [3.63, 3.8) is 0 Å². The lowest BCUT2D eigenvalue weighted by atomic mass is 10.1. The molecule has 0 saturated heterocycles. The van der Waals surface area contributed by atoms with Crippen molar-refractivity contribution in [2.24, 2.45) is 5.41 Å². The van der Waals surface area contributed by atoms with Crippen LogP contribution < -0.4 is 5.48 Å². The molecule has 60 valence electrons. The summed E-state index contributed by atoms with van der Waals surface area (Å²) in [5.41, 5.74) is 1.46. The highest BCUT2D eigenvalue weighted by atomic mass is 16.6. The molecule has 0 aromatic carbocycles. The van der Waals surface area contributed by atoms with E-state index in [-0.39, 0.29) is 5.91 Å². The molecule has 1 N–H and O–H groups in total. The van der Waals surface area contributed by atoms with Gasteiger partial charge in [-0.3, -0.25) is 9.63 Å². The Morgan fingerprint density at radius 2 is 2.45 bits per heavy atom. The lowest BCUT2D eigenvalue weighted by molar-refractivity contribution is -0.136. The van der Waals surface area contributed by atoms with Crippen LogP contribution >= 0.6 is 0 Å². The first-order chi connectivity index (χ1) is 5.25. The van der Waals surface area contributed by atoms with Crippen molar-refractivity contribution < 1.29 is 9.63 Å². The van der Waals surface area contributed by atoms with E-state index in [4.69, 9.17) is 5.26 Å². The minimum absolute atomic E-state index is 0.304. The van der Waals surface area contributed by atoms with E-state index < -0.39 is 5.41 Å². The van der Waals surface area contributed by atoms with E-state index >= 15 is 0 Å². The minimum Gasteiger partial charge on any atom is -0.274 e. The quantitative estimate of drug-likeness (QED) is 0.597.